The van der Waals surface area contributed by atoms with Crippen LogP contribution in [0, 0.1) is 5.92 Å². The summed E-state index contributed by atoms with van der Waals surface area (Å²) in [5.41, 5.74) is 0. The second-order valence-corrected chi connectivity index (χ2v) is 4.90. The molecule has 1 N–H and O–H groups in total. The van der Waals surface area contributed by atoms with Gasteiger partial charge in [-0.05, 0) is 18.9 Å². The summed E-state index contributed by atoms with van der Waals surface area (Å²) in [6, 6.07) is -0.557. The van der Waals surface area contributed by atoms with Crippen LogP contribution in [0.2, 0.25) is 0 Å². The zero-order chi connectivity index (χ0) is 14.4. The molecule has 1 fully saturated rings. The Labute approximate surface area is 114 Å². The van der Waals surface area contributed by atoms with E-state index in [-0.39, 0.29) is 18.4 Å². The van der Waals surface area contributed by atoms with Crippen molar-refractivity contribution in [2.45, 2.75) is 19.4 Å². The van der Waals surface area contributed by atoms with Crippen LogP contribution in [0.5, 0.6) is 0 Å². The molecule has 1 rings (SSSR count). The number of aliphatic carboxylic acids is 1. The predicted octanol–water partition coefficient (Wildman–Crippen LogP) is 0.982. The Balaban J connectivity index is 2.66. The van der Waals surface area contributed by atoms with Crippen LogP contribution in [0.25, 0.3) is 0 Å². The van der Waals surface area contributed by atoms with Crippen molar-refractivity contribution in [3.05, 3.63) is 25.3 Å². The summed E-state index contributed by atoms with van der Waals surface area (Å²) >= 11 is 0. The smallest absolute Gasteiger partial charge is 0.321 e. The van der Waals surface area contributed by atoms with Crippen LogP contribution in [-0.2, 0) is 9.59 Å². The SMILES string of the molecule is C=CCN(CC=C)C(=O)CN1CCC(C)C1C(=O)O. The highest BCUT2D eigenvalue weighted by Crippen LogP contribution is 2.23. The molecule has 0 saturated carbocycles. The number of carboxylic acids is 1. The van der Waals surface area contributed by atoms with E-state index in [4.69, 9.17) is 0 Å². The average Bonchev–Trinajstić information content (AvgIpc) is 2.70. The van der Waals surface area contributed by atoms with Crippen LogP contribution in [0.3, 0.4) is 0 Å². The topological polar surface area (TPSA) is 60.9 Å². The number of amides is 1. The number of rotatable bonds is 7. The third-order valence-electron chi connectivity index (χ3n) is 3.45. The molecule has 0 aliphatic carbocycles. The molecule has 0 spiro atoms. The molecule has 0 radical (unpaired) electrons. The molecule has 2 unspecified atom stereocenters. The summed E-state index contributed by atoms with van der Waals surface area (Å²) in [6.07, 6.45) is 4.12. The van der Waals surface area contributed by atoms with Gasteiger partial charge in [-0.15, -0.1) is 13.2 Å². The van der Waals surface area contributed by atoms with E-state index in [9.17, 15) is 14.7 Å². The minimum Gasteiger partial charge on any atom is -0.480 e. The van der Waals surface area contributed by atoms with Gasteiger partial charge in [0, 0.05) is 13.1 Å². The quantitative estimate of drug-likeness (QED) is 0.698. The number of carboxylic acid groups (broad SMARTS) is 1. The molecule has 0 aromatic heterocycles. The number of carbonyl (C=O) groups excluding carboxylic acids is 1. The molecular weight excluding hydrogens is 244 g/mol. The summed E-state index contributed by atoms with van der Waals surface area (Å²) in [6.45, 7) is 10.8. The lowest BCUT2D eigenvalue weighted by Crippen LogP contribution is -2.46. The van der Waals surface area contributed by atoms with Crippen LogP contribution < -0.4 is 0 Å². The first-order chi connectivity index (χ1) is 9.01. The van der Waals surface area contributed by atoms with Crippen molar-refractivity contribution in [2.24, 2.45) is 5.92 Å². The monoisotopic (exact) mass is 266 g/mol. The van der Waals surface area contributed by atoms with Crippen LogP contribution in [0.4, 0.5) is 0 Å². The summed E-state index contributed by atoms with van der Waals surface area (Å²) in [4.78, 5) is 26.7. The standard InChI is InChI=1S/C14H22N2O3/c1-4-7-15(8-5-2)12(17)10-16-9-6-11(3)13(16)14(18)19/h4-5,11,13H,1-2,6-10H2,3H3,(H,18,19). The van der Waals surface area contributed by atoms with E-state index in [2.05, 4.69) is 13.2 Å². The highest BCUT2D eigenvalue weighted by molar-refractivity contribution is 5.80. The summed E-state index contributed by atoms with van der Waals surface area (Å²) in [7, 11) is 0. The van der Waals surface area contributed by atoms with Gasteiger partial charge in [-0.25, -0.2) is 0 Å². The first-order valence-corrected chi connectivity index (χ1v) is 6.47. The third kappa shape index (κ3) is 3.92. The molecule has 1 amide bonds. The highest BCUT2D eigenvalue weighted by Gasteiger charge is 2.37. The maximum absolute atomic E-state index is 12.1. The summed E-state index contributed by atoms with van der Waals surface area (Å²) in [5.74, 6) is -0.852. The average molecular weight is 266 g/mol. The fourth-order valence-electron chi connectivity index (χ4n) is 2.47. The van der Waals surface area contributed by atoms with Gasteiger partial charge in [-0.3, -0.25) is 14.5 Å². The van der Waals surface area contributed by atoms with Crippen LogP contribution >= 0.6 is 0 Å². The molecule has 5 nitrogen and oxygen atoms in total. The van der Waals surface area contributed by atoms with E-state index in [1.54, 1.807) is 22.0 Å². The predicted molar refractivity (Wildman–Crippen MR) is 73.8 cm³/mol. The van der Waals surface area contributed by atoms with Crippen molar-refractivity contribution >= 4 is 11.9 Å². The molecule has 106 valence electrons. The highest BCUT2D eigenvalue weighted by atomic mass is 16.4. The lowest BCUT2D eigenvalue weighted by atomic mass is 10.0. The van der Waals surface area contributed by atoms with Crippen LogP contribution in [0.15, 0.2) is 25.3 Å². The summed E-state index contributed by atoms with van der Waals surface area (Å²) < 4.78 is 0. The number of carbonyl (C=O) groups is 2. The molecule has 1 saturated heterocycles. The minimum atomic E-state index is -0.850. The zero-order valence-corrected chi connectivity index (χ0v) is 11.4. The molecule has 5 heteroatoms. The van der Waals surface area contributed by atoms with E-state index < -0.39 is 12.0 Å². The van der Waals surface area contributed by atoms with Crippen molar-refractivity contribution < 1.29 is 14.7 Å². The van der Waals surface area contributed by atoms with E-state index in [0.717, 1.165) is 6.42 Å². The maximum Gasteiger partial charge on any atom is 0.321 e. The van der Waals surface area contributed by atoms with E-state index in [0.29, 0.717) is 19.6 Å². The number of likely N-dealkylation sites (tertiary alicyclic amines) is 1. The Morgan fingerprint density at radius 2 is 1.95 bits per heavy atom. The van der Waals surface area contributed by atoms with Crippen LogP contribution in [-0.4, -0.2) is 59.0 Å². The van der Waals surface area contributed by atoms with Gasteiger partial charge >= 0.3 is 5.97 Å². The first-order valence-electron chi connectivity index (χ1n) is 6.47. The van der Waals surface area contributed by atoms with E-state index in [1.807, 2.05) is 6.92 Å². The Bertz CT molecular complexity index is 358. The van der Waals surface area contributed by atoms with Gasteiger partial charge in [-0.1, -0.05) is 19.1 Å². The Morgan fingerprint density at radius 1 is 1.37 bits per heavy atom. The molecule has 2 atom stereocenters. The third-order valence-corrected chi connectivity index (χ3v) is 3.45. The van der Waals surface area contributed by atoms with Gasteiger partial charge in [0.1, 0.15) is 6.04 Å². The van der Waals surface area contributed by atoms with E-state index >= 15 is 0 Å². The number of hydrogen-bond acceptors (Lipinski definition) is 3. The normalized spacial score (nSPS) is 23.0. The van der Waals surface area contributed by atoms with Crippen molar-refractivity contribution in [3.63, 3.8) is 0 Å². The minimum absolute atomic E-state index is 0.0811. The number of hydrogen-bond donors (Lipinski definition) is 1. The van der Waals surface area contributed by atoms with Crippen molar-refractivity contribution in [3.8, 4) is 0 Å². The Morgan fingerprint density at radius 3 is 2.42 bits per heavy atom. The fourth-order valence-corrected chi connectivity index (χ4v) is 2.47. The zero-order valence-electron chi connectivity index (χ0n) is 11.4. The molecular formula is C14H22N2O3. The van der Waals surface area contributed by atoms with Gasteiger partial charge in [-0.2, -0.15) is 0 Å². The molecule has 0 bridgehead atoms. The Hall–Kier alpha value is -1.62. The first kappa shape index (κ1) is 15.4. The molecule has 1 heterocycles. The Kier molecular flexibility index (Phi) is 5.76. The molecule has 1 aliphatic heterocycles. The second-order valence-electron chi connectivity index (χ2n) is 4.90. The fraction of sp³-hybridized carbons (Fsp3) is 0.571. The van der Waals surface area contributed by atoms with Gasteiger partial charge < -0.3 is 10.0 Å². The second kappa shape index (κ2) is 7.09. The van der Waals surface area contributed by atoms with Crippen molar-refractivity contribution in [1.82, 2.24) is 9.80 Å². The summed E-state index contributed by atoms with van der Waals surface area (Å²) in [5, 5.41) is 9.21. The lowest BCUT2D eigenvalue weighted by molar-refractivity contribution is -0.144. The van der Waals surface area contributed by atoms with Crippen molar-refractivity contribution in [1.29, 1.82) is 0 Å². The van der Waals surface area contributed by atoms with Crippen LogP contribution in [0.1, 0.15) is 13.3 Å². The molecule has 0 aromatic rings. The molecule has 0 aromatic carbocycles. The number of nitrogens with zero attached hydrogens (tertiary/aromatic N) is 2. The van der Waals surface area contributed by atoms with Gasteiger partial charge in [0.2, 0.25) is 5.91 Å². The van der Waals surface area contributed by atoms with Crippen molar-refractivity contribution in [2.75, 3.05) is 26.2 Å². The van der Waals surface area contributed by atoms with Gasteiger partial charge in [0.05, 0.1) is 6.54 Å². The molecule has 1 aliphatic rings. The molecule has 19 heavy (non-hydrogen) atoms. The van der Waals surface area contributed by atoms with Gasteiger partial charge in [0.15, 0.2) is 0 Å². The maximum atomic E-state index is 12.1. The lowest BCUT2D eigenvalue weighted by Gasteiger charge is -2.26. The van der Waals surface area contributed by atoms with Gasteiger partial charge in [0.25, 0.3) is 0 Å². The van der Waals surface area contributed by atoms with E-state index in [1.165, 1.54) is 0 Å². The largest absolute Gasteiger partial charge is 0.480 e.